The molecule has 2 N–H and O–H groups in total. The molecular weight excluding hydrogens is 271 g/mol. The molecule has 5 heteroatoms. The summed E-state index contributed by atoms with van der Waals surface area (Å²) in [5.41, 5.74) is 7.57. The van der Waals surface area contributed by atoms with Gasteiger partial charge in [0.2, 0.25) is 0 Å². The predicted molar refractivity (Wildman–Crippen MR) is 75.5 cm³/mol. The highest BCUT2D eigenvalue weighted by molar-refractivity contribution is 5.73. The van der Waals surface area contributed by atoms with Gasteiger partial charge in [0.1, 0.15) is 12.4 Å². The van der Waals surface area contributed by atoms with Crippen molar-refractivity contribution in [2.45, 2.75) is 13.0 Å². The number of halogens is 1. The molecule has 0 atom stereocenters. The Hall–Kier alpha value is -2.87. The number of nitriles is 1. The third kappa shape index (κ3) is 4.32. The van der Waals surface area contributed by atoms with Gasteiger partial charge in [-0.3, -0.25) is 4.79 Å². The highest BCUT2D eigenvalue weighted by Crippen LogP contribution is 2.11. The van der Waals surface area contributed by atoms with E-state index in [9.17, 15) is 9.18 Å². The minimum atomic E-state index is -0.532. The number of anilines is 1. The van der Waals surface area contributed by atoms with Crippen LogP contribution in [-0.2, 0) is 22.6 Å². The molecule has 0 aromatic heterocycles. The van der Waals surface area contributed by atoms with E-state index < -0.39 is 11.8 Å². The van der Waals surface area contributed by atoms with Crippen molar-refractivity contribution in [3.63, 3.8) is 0 Å². The largest absolute Gasteiger partial charge is 0.461 e. The normalized spacial score (nSPS) is 9.90. The SMILES string of the molecule is N#Cc1cc(F)cc(COC(=O)Cc2cccc(N)c2)c1. The van der Waals surface area contributed by atoms with Crippen molar-refractivity contribution >= 4 is 11.7 Å². The van der Waals surface area contributed by atoms with Crippen LogP contribution >= 0.6 is 0 Å². The Balaban J connectivity index is 1.95. The van der Waals surface area contributed by atoms with Gasteiger partial charge in [-0.1, -0.05) is 12.1 Å². The van der Waals surface area contributed by atoms with Crippen LogP contribution in [0, 0.1) is 17.1 Å². The maximum atomic E-state index is 13.2. The first-order chi connectivity index (χ1) is 10.1. The molecule has 0 saturated heterocycles. The van der Waals surface area contributed by atoms with E-state index in [1.807, 2.05) is 6.07 Å². The lowest BCUT2D eigenvalue weighted by Gasteiger charge is -2.06. The number of hydrogen-bond donors (Lipinski definition) is 1. The minimum absolute atomic E-state index is 0.0758. The Bertz CT molecular complexity index is 708. The summed E-state index contributed by atoms with van der Waals surface area (Å²) in [6.45, 7) is -0.0758. The average molecular weight is 284 g/mol. The quantitative estimate of drug-likeness (QED) is 0.691. The first-order valence-corrected chi connectivity index (χ1v) is 6.26. The van der Waals surface area contributed by atoms with Gasteiger partial charge in [-0.05, 0) is 41.5 Å². The lowest BCUT2D eigenvalue weighted by molar-refractivity contribution is -0.144. The Morgan fingerprint density at radius 1 is 1.24 bits per heavy atom. The molecule has 0 aliphatic carbocycles. The number of carbonyl (C=O) groups excluding carboxylic acids is 1. The molecule has 0 radical (unpaired) electrons. The molecule has 2 rings (SSSR count). The summed E-state index contributed by atoms with van der Waals surface area (Å²) in [5.74, 6) is -0.973. The highest BCUT2D eigenvalue weighted by Gasteiger charge is 2.07. The Morgan fingerprint density at radius 3 is 2.76 bits per heavy atom. The third-order valence-electron chi connectivity index (χ3n) is 2.79. The minimum Gasteiger partial charge on any atom is -0.461 e. The van der Waals surface area contributed by atoms with Crippen LogP contribution in [0.2, 0.25) is 0 Å². The van der Waals surface area contributed by atoms with E-state index in [1.165, 1.54) is 12.1 Å². The molecule has 0 aliphatic rings. The van der Waals surface area contributed by atoms with Gasteiger partial charge < -0.3 is 10.5 Å². The first-order valence-electron chi connectivity index (χ1n) is 6.26. The summed E-state index contributed by atoms with van der Waals surface area (Å²) in [4.78, 5) is 11.7. The molecule has 2 aromatic rings. The fourth-order valence-electron chi connectivity index (χ4n) is 1.88. The van der Waals surface area contributed by atoms with Crippen LogP contribution in [0.15, 0.2) is 42.5 Å². The number of nitrogens with two attached hydrogens (primary N) is 1. The van der Waals surface area contributed by atoms with Gasteiger partial charge in [-0.25, -0.2) is 4.39 Å². The Kier molecular flexibility index (Phi) is 4.52. The van der Waals surface area contributed by atoms with Crippen molar-refractivity contribution in [1.29, 1.82) is 5.26 Å². The van der Waals surface area contributed by atoms with Gasteiger partial charge in [0.15, 0.2) is 0 Å². The van der Waals surface area contributed by atoms with Gasteiger partial charge in [0, 0.05) is 5.69 Å². The number of esters is 1. The van der Waals surface area contributed by atoms with Crippen LogP contribution in [0.25, 0.3) is 0 Å². The van der Waals surface area contributed by atoms with Gasteiger partial charge in [-0.15, -0.1) is 0 Å². The molecule has 0 bridgehead atoms. The van der Waals surface area contributed by atoms with Crippen molar-refractivity contribution < 1.29 is 13.9 Å². The number of nitrogens with zero attached hydrogens (tertiary/aromatic N) is 1. The van der Waals surface area contributed by atoms with Crippen LogP contribution in [0.1, 0.15) is 16.7 Å². The van der Waals surface area contributed by atoms with Crippen LogP contribution < -0.4 is 5.73 Å². The van der Waals surface area contributed by atoms with E-state index in [-0.39, 0.29) is 18.6 Å². The molecule has 0 fully saturated rings. The lowest BCUT2D eigenvalue weighted by atomic mass is 10.1. The predicted octanol–water partition coefficient (Wildman–Crippen LogP) is 2.57. The van der Waals surface area contributed by atoms with E-state index >= 15 is 0 Å². The number of carbonyl (C=O) groups is 1. The van der Waals surface area contributed by atoms with Crippen LogP contribution in [0.4, 0.5) is 10.1 Å². The van der Waals surface area contributed by atoms with Gasteiger partial charge in [-0.2, -0.15) is 5.26 Å². The second-order valence-electron chi connectivity index (χ2n) is 4.54. The average Bonchev–Trinajstić information content (AvgIpc) is 2.44. The van der Waals surface area contributed by atoms with Crippen molar-refractivity contribution in [3.8, 4) is 6.07 Å². The first kappa shape index (κ1) is 14.5. The number of ether oxygens (including phenoxy) is 1. The van der Waals surface area contributed by atoms with Crippen LogP contribution in [0.3, 0.4) is 0 Å². The van der Waals surface area contributed by atoms with Crippen molar-refractivity contribution in [3.05, 3.63) is 65.0 Å². The van der Waals surface area contributed by atoms with Crippen LogP contribution in [0.5, 0.6) is 0 Å². The summed E-state index contributed by atoms with van der Waals surface area (Å²) in [5, 5.41) is 8.75. The molecule has 4 nitrogen and oxygen atoms in total. The van der Waals surface area contributed by atoms with E-state index in [4.69, 9.17) is 15.7 Å². The van der Waals surface area contributed by atoms with Gasteiger partial charge in [0.05, 0.1) is 18.1 Å². The Morgan fingerprint density at radius 2 is 2.05 bits per heavy atom. The maximum absolute atomic E-state index is 13.2. The van der Waals surface area contributed by atoms with E-state index in [0.29, 0.717) is 11.3 Å². The molecule has 21 heavy (non-hydrogen) atoms. The van der Waals surface area contributed by atoms with Crippen molar-refractivity contribution in [2.24, 2.45) is 0 Å². The molecular formula is C16H13FN2O2. The second kappa shape index (κ2) is 6.53. The fraction of sp³-hybridized carbons (Fsp3) is 0.125. The van der Waals surface area contributed by atoms with Crippen molar-refractivity contribution in [1.82, 2.24) is 0 Å². The monoisotopic (exact) mass is 284 g/mol. The zero-order valence-corrected chi connectivity index (χ0v) is 11.2. The smallest absolute Gasteiger partial charge is 0.310 e. The summed E-state index contributed by atoms with van der Waals surface area (Å²) < 4.78 is 18.3. The molecule has 0 unspecified atom stereocenters. The molecule has 0 amide bonds. The summed E-state index contributed by atoms with van der Waals surface area (Å²) >= 11 is 0. The highest BCUT2D eigenvalue weighted by atomic mass is 19.1. The molecule has 2 aromatic carbocycles. The second-order valence-corrected chi connectivity index (χ2v) is 4.54. The molecule has 0 heterocycles. The van der Waals surface area contributed by atoms with E-state index in [1.54, 1.807) is 24.3 Å². The summed E-state index contributed by atoms with van der Waals surface area (Å²) in [7, 11) is 0. The topological polar surface area (TPSA) is 76.1 Å². The van der Waals surface area contributed by atoms with Crippen LogP contribution in [-0.4, -0.2) is 5.97 Å². The lowest BCUT2D eigenvalue weighted by Crippen LogP contribution is -2.08. The number of rotatable bonds is 4. The van der Waals surface area contributed by atoms with E-state index in [0.717, 1.165) is 11.6 Å². The maximum Gasteiger partial charge on any atom is 0.310 e. The van der Waals surface area contributed by atoms with Gasteiger partial charge >= 0.3 is 5.97 Å². The Labute approximate surface area is 121 Å². The number of hydrogen-bond acceptors (Lipinski definition) is 4. The van der Waals surface area contributed by atoms with Gasteiger partial charge in [0.25, 0.3) is 0 Å². The number of benzene rings is 2. The molecule has 0 spiro atoms. The summed E-state index contributed by atoms with van der Waals surface area (Å²) in [6.07, 6.45) is 0.0888. The van der Waals surface area contributed by atoms with E-state index in [2.05, 4.69) is 0 Å². The number of nitrogen functional groups attached to an aromatic ring is 1. The molecule has 0 aliphatic heterocycles. The standard InChI is InChI=1S/C16H13FN2O2/c17-14-5-12(9-18)4-13(6-14)10-21-16(20)8-11-2-1-3-15(19)7-11/h1-7H,8,10,19H2. The third-order valence-corrected chi connectivity index (χ3v) is 2.79. The summed E-state index contributed by atoms with van der Waals surface area (Å²) in [6, 6.07) is 12.6. The molecule has 106 valence electrons. The zero-order valence-electron chi connectivity index (χ0n) is 11.2. The van der Waals surface area contributed by atoms with Crippen molar-refractivity contribution in [2.75, 3.05) is 5.73 Å². The zero-order chi connectivity index (χ0) is 15.2. The molecule has 0 saturated carbocycles. The fourth-order valence-corrected chi connectivity index (χ4v) is 1.88.